The zero-order chi connectivity index (χ0) is 21.8. The summed E-state index contributed by atoms with van der Waals surface area (Å²) in [7, 11) is 0. The summed E-state index contributed by atoms with van der Waals surface area (Å²) in [6, 6.07) is 17.7. The number of pyridine rings is 1. The lowest BCUT2D eigenvalue weighted by atomic mass is 10.1. The number of carbonyl (C=O) groups is 1. The van der Waals surface area contributed by atoms with Crippen molar-refractivity contribution < 1.29 is 18.0 Å². The quantitative estimate of drug-likeness (QED) is 0.598. The molecule has 0 fully saturated rings. The number of fused-ring (bicyclic) bond motifs is 1. The highest BCUT2D eigenvalue weighted by atomic mass is 19.4. The Bertz CT molecular complexity index is 1070. The molecule has 2 aromatic carbocycles. The number of rotatable bonds is 3. The summed E-state index contributed by atoms with van der Waals surface area (Å²) in [5, 5.41) is 6.13. The van der Waals surface area contributed by atoms with Crippen LogP contribution in [0, 0.1) is 0 Å². The minimum atomic E-state index is -4.44. The number of hydrogen-bond acceptors (Lipinski definition) is 3. The molecule has 2 heterocycles. The molecule has 2 N–H and O–H groups in total. The number of nitrogens with zero attached hydrogens (tertiary/aromatic N) is 2. The Morgan fingerprint density at radius 1 is 1.06 bits per heavy atom. The Labute approximate surface area is 177 Å². The van der Waals surface area contributed by atoms with Crippen LogP contribution in [0.15, 0.2) is 66.7 Å². The molecule has 0 aliphatic carbocycles. The topological polar surface area (TPSA) is 57.3 Å². The van der Waals surface area contributed by atoms with Crippen LogP contribution in [-0.2, 0) is 12.7 Å². The number of carbonyl (C=O) groups excluding carboxylic acids is 1. The summed E-state index contributed by atoms with van der Waals surface area (Å²) in [5.41, 5.74) is 1.61. The van der Waals surface area contributed by atoms with Gasteiger partial charge in [-0.1, -0.05) is 42.5 Å². The van der Waals surface area contributed by atoms with E-state index in [4.69, 9.17) is 0 Å². The summed E-state index contributed by atoms with van der Waals surface area (Å²) < 4.78 is 39.3. The van der Waals surface area contributed by atoms with Crippen LogP contribution in [0.1, 0.15) is 17.5 Å². The van der Waals surface area contributed by atoms with E-state index in [1.165, 1.54) is 11.0 Å². The smallest absolute Gasteiger partial charge is 0.382 e. The van der Waals surface area contributed by atoms with E-state index in [0.717, 1.165) is 17.7 Å². The van der Waals surface area contributed by atoms with E-state index in [-0.39, 0.29) is 6.03 Å². The first-order valence-electron chi connectivity index (χ1n) is 9.94. The molecule has 0 unspecified atom stereocenters. The highest BCUT2D eigenvalue weighted by Crippen LogP contribution is 2.34. The van der Waals surface area contributed by atoms with Crippen LogP contribution in [0.5, 0.6) is 0 Å². The molecule has 1 aromatic heterocycles. The molecule has 1 aliphatic rings. The van der Waals surface area contributed by atoms with Crippen LogP contribution in [0.3, 0.4) is 0 Å². The van der Waals surface area contributed by atoms with E-state index >= 15 is 0 Å². The molecule has 2 amide bonds. The van der Waals surface area contributed by atoms with Gasteiger partial charge in [-0.2, -0.15) is 13.2 Å². The molecule has 0 saturated heterocycles. The summed E-state index contributed by atoms with van der Waals surface area (Å²) in [6.45, 7) is 1.48. The van der Waals surface area contributed by atoms with Gasteiger partial charge < -0.3 is 10.6 Å². The standard InChI is InChI=1S/C23H21F3N4O/c24-23(25,26)18-9-4-8-17(14-18)19-10-11-20-21(29-19)30(13-5-12-27-20)22(31)28-15-16-6-2-1-3-7-16/h1-4,6-11,14,27H,5,12-13,15H2,(H,28,31). The van der Waals surface area contributed by atoms with E-state index in [9.17, 15) is 18.0 Å². The largest absolute Gasteiger partial charge is 0.416 e. The molecule has 8 heteroatoms. The van der Waals surface area contributed by atoms with E-state index in [2.05, 4.69) is 15.6 Å². The Kier molecular flexibility index (Phi) is 5.79. The SMILES string of the molecule is O=C(NCc1ccccc1)N1CCCNc2ccc(-c3cccc(C(F)(F)F)c3)nc21. The molecule has 0 saturated carbocycles. The second kappa shape index (κ2) is 8.67. The van der Waals surface area contributed by atoms with Crippen molar-refractivity contribution in [3.05, 3.63) is 77.9 Å². The molecule has 4 rings (SSSR count). The summed E-state index contributed by atoms with van der Waals surface area (Å²) in [5.74, 6) is 0.401. The third kappa shape index (κ3) is 4.79. The first-order valence-corrected chi connectivity index (χ1v) is 9.94. The maximum Gasteiger partial charge on any atom is 0.416 e. The van der Waals surface area contributed by atoms with Crippen molar-refractivity contribution in [2.45, 2.75) is 19.1 Å². The molecular formula is C23H21F3N4O. The van der Waals surface area contributed by atoms with Crippen molar-refractivity contribution in [1.82, 2.24) is 10.3 Å². The minimum absolute atomic E-state index is 0.303. The number of urea groups is 1. The van der Waals surface area contributed by atoms with Crippen LogP contribution in [-0.4, -0.2) is 24.1 Å². The molecule has 0 radical (unpaired) electrons. The Morgan fingerprint density at radius 2 is 1.87 bits per heavy atom. The average molecular weight is 426 g/mol. The van der Waals surface area contributed by atoms with Gasteiger partial charge >= 0.3 is 12.2 Å². The molecule has 0 bridgehead atoms. The van der Waals surface area contributed by atoms with Gasteiger partial charge in [0.05, 0.1) is 16.9 Å². The van der Waals surface area contributed by atoms with Gasteiger partial charge in [0, 0.05) is 25.2 Å². The summed E-state index contributed by atoms with van der Waals surface area (Å²) in [6.07, 6.45) is -3.72. The third-order valence-corrected chi connectivity index (χ3v) is 5.02. The highest BCUT2D eigenvalue weighted by molar-refractivity contribution is 5.95. The van der Waals surface area contributed by atoms with Gasteiger partial charge in [-0.25, -0.2) is 9.78 Å². The average Bonchev–Trinajstić information content (AvgIpc) is 3.00. The fraction of sp³-hybridized carbons (Fsp3) is 0.217. The van der Waals surface area contributed by atoms with Crippen LogP contribution < -0.4 is 15.5 Å². The van der Waals surface area contributed by atoms with Gasteiger partial charge in [-0.3, -0.25) is 4.90 Å². The molecule has 1 aliphatic heterocycles. The van der Waals surface area contributed by atoms with Gasteiger partial charge in [0.15, 0.2) is 5.82 Å². The monoisotopic (exact) mass is 426 g/mol. The van der Waals surface area contributed by atoms with E-state index in [1.807, 2.05) is 30.3 Å². The zero-order valence-corrected chi connectivity index (χ0v) is 16.6. The minimum Gasteiger partial charge on any atom is -0.382 e. The molecule has 5 nitrogen and oxygen atoms in total. The number of benzene rings is 2. The number of halogens is 3. The number of anilines is 2. The molecule has 0 atom stereocenters. The van der Waals surface area contributed by atoms with Gasteiger partial charge in [-0.15, -0.1) is 0 Å². The lowest BCUT2D eigenvalue weighted by Gasteiger charge is -2.22. The van der Waals surface area contributed by atoms with Crippen molar-refractivity contribution in [3.63, 3.8) is 0 Å². The predicted molar refractivity (Wildman–Crippen MR) is 114 cm³/mol. The van der Waals surface area contributed by atoms with Gasteiger partial charge in [0.1, 0.15) is 0 Å². The van der Waals surface area contributed by atoms with Crippen LogP contribution in [0.25, 0.3) is 11.3 Å². The van der Waals surface area contributed by atoms with Gasteiger partial charge in [-0.05, 0) is 36.2 Å². The Hall–Kier alpha value is -3.55. The van der Waals surface area contributed by atoms with E-state index < -0.39 is 11.7 Å². The fourth-order valence-corrected chi connectivity index (χ4v) is 3.44. The summed E-state index contributed by atoms with van der Waals surface area (Å²) in [4.78, 5) is 19.0. The van der Waals surface area contributed by atoms with Crippen LogP contribution >= 0.6 is 0 Å². The van der Waals surface area contributed by atoms with Gasteiger partial charge in [0.25, 0.3) is 0 Å². The van der Waals surface area contributed by atoms with Crippen LogP contribution in [0.4, 0.5) is 29.5 Å². The van der Waals surface area contributed by atoms with Crippen molar-refractivity contribution in [2.24, 2.45) is 0 Å². The summed E-state index contributed by atoms with van der Waals surface area (Å²) >= 11 is 0. The number of aromatic nitrogens is 1. The maximum absolute atomic E-state index is 13.1. The Morgan fingerprint density at radius 3 is 2.65 bits per heavy atom. The first kappa shape index (κ1) is 20.7. The predicted octanol–water partition coefficient (Wildman–Crippen LogP) is 5.30. The lowest BCUT2D eigenvalue weighted by Crippen LogP contribution is -2.40. The number of amides is 2. The van der Waals surface area contributed by atoms with Crippen molar-refractivity contribution in [2.75, 3.05) is 23.3 Å². The maximum atomic E-state index is 13.1. The Balaban J connectivity index is 1.62. The van der Waals surface area contributed by atoms with Crippen LogP contribution in [0.2, 0.25) is 0 Å². The number of alkyl halides is 3. The molecule has 31 heavy (non-hydrogen) atoms. The number of nitrogens with one attached hydrogen (secondary N) is 2. The highest BCUT2D eigenvalue weighted by Gasteiger charge is 2.30. The van der Waals surface area contributed by atoms with E-state index in [0.29, 0.717) is 48.8 Å². The molecular weight excluding hydrogens is 405 g/mol. The first-order chi connectivity index (χ1) is 14.9. The van der Waals surface area contributed by atoms with Crippen molar-refractivity contribution in [1.29, 1.82) is 0 Å². The van der Waals surface area contributed by atoms with Crippen molar-refractivity contribution in [3.8, 4) is 11.3 Å². The lowest BCUT2D eigenvalue weighted by molar-refractivity contribution is -0.137. The normalized spacial score (nSPS) is 13.7. The fourth-order valence-electron chi connectivity index (χ4n) is 3.44. The zero-order valence-electron chi connectivity index (χ0n) is 16.6. The van der Waals surface area contributed by atoms with Crippen molar-refractivity contribution >= 4 is 17.5 Å². The van der Waals surface area contributed by atoms with E-state index in [1.54, 1.807) is 18.2 Å². The van der Waals surface area contributed by atoms with Gasteiger partial charge in [0.2, 0.25) is 0 Å². The third-order valence-electron chi connectivity index (χ3n) is 5.02. The second-order valence-electron chi connectivity index (χ2n) is 7.22. The molecule has 0 spiro atoms. The second-order valence-corrected chi connectivity index (χ2v) is 7.22. The molecule has 160 valence electrons. The molecule has 3 aromatic rings. The number of hydrogen-bond donors (Lipinski definition) is 2.